The normalized spacial score (nSPS) is 25.4. The summed E-state index contributed by atoms with van der Waals surface area (Å²) in [5, 5.41) is 14.6. The molecular weight excluding hydrogens is 514 g/mol. The van der Waals surface area contributed by atoms with E-state index in [0.29, 0.717) is 17.9 Å². The van der Waals surface area contributed by atoms with Crippen LogP contribution in [0.5, 0.6) is 0 Å². The third kappa shape index (κ3) is 4.22. The Morgan fingerprint density at radius 1 is 1.03 bits per heavy atom. The maximum Gasteiger partial charge on any atom is 0.278 e. The molecule has 1 amide bonds. The van der Waals surface area contributed by atoms with Gasteiger partial charge in [0.1, 0.15) is 5.76 Å². The molecule has 4 rings (SSSR count). The van der Waals surface area contributed by atoms with Crippen LogP contribution in [0.2, 0.25) is 16.6 Å². The van der Waals surface area contributed by atoms with E-state index in [1.807, 2.05) is 48.5 Å². The van der Waals surface area contributed by atoms with Crippen molar-refractivity contribution in [2.75, 3.05) is 0 Å². The fraction of sp³-hybridized carbons (Fsp3) is 0.500. The zero-order valence-corrected chi connectivity index (χ0v) is 25.0. The van der Waals surface area contributed by atoms with Crippen molar-refractivity contribution in [2.45, 2.75) is 95.9 Å². The monoisotopic (exact) mass is 553 g/mol. The maximum absolute atomic E-state index is 14.1. The van der Waals surface area contributed by atoms with Gasteiger partial charge in [-0.05, 0) is 35.7 Å². The van der Waals surface area contributed by atoms with Gasteiger partial charge in [-0.3, -0.25) is 14.4 Å². The molecule has 0 saturated carbocycles. The summed E-state index contributed by atoms with van der Waals surface area (Å²) in [5.41, 5.74) is -4.41. The second kappa shape index (κ2) is 10.2. The molecule has 2 aromatic rings. The summed E-state index contributed by atoms with van der Waals surface area (Å²) in [6.07, 6.45) is -1.00. The van der Waals surface area contributed by atoms with Crippen LogP contribution in [0.25, 0.3) is 5.76 Å². The van der Waals surface area contributed by atoms with Gasteiger partial charge in [-0.25, -0.2) is 0 Å². The first-order valence-corrected chi connectivity index (χ1v) is 15.8. The van der Waals surface area contributed by atoms with E-state index < -0.39 is 43.2 Å². The predicted octanol–water partition coefficient (Wildman–Crippen LogP) is 5.17. The molecule has 0 radical (unpaired) electrons. The molecule has 2 aliphatic rings. The molecule has 3 atom stereocenters. The van der Waals surface area contributed by atoms with E-state index in [-0.39, 0.29) is 33.5 Å². The summed E-state index contributed by atoms with van der Waals surface area (Å²) in [5.74, 6) is -1.26. The molecule has 2 aliphatic heterocycles. The summed E-state index contributed by atoms with van der Waals surface area (Å²) in [4.78, 5) is 41.9. The predicted molar refractivity (Wildman–Crippen MR) is 149 cm³/mol. The second-order valence-electron chi connectivity index (χ2n) is 11.5. The van der Waals surface area contributed by atoms with Crippen LogP contribution in [0, 0.1) is 0 Å². The molecule has 1 fully saturated rings. The van der Waals surface area contributed by atoms with Crippen molar-refractivity contribution in [3.8, 4) is 0 Å². The molecule has 8 nitrogen and oxygen atoms in total. The SMILES string of the molecule is CCc1ccc(C2=C(C)C(=O)[C@]3(O2)C(=O)N[C@@](O)(C(=O)c2ccccc2)[C@@H]3O[Si](C(C)C)(C(C)C)C(C)C)o1. The zero-order valence-electron chi connectivity index (χ0n) is 24.0. The van der Waals surface area contributed by atoms with Crippen LogP contribution in [0.1, 0.15) is 77.3 Å². The molecule has 210 valence electrons. The summed E-state index contributed by atoms with van der Waals surface area (Å²) < 4.78 is 19.1. The van der Waals surface area contributed by atoms with Crippen LogP contribution in [-0.2, 0) is 25.2 Å². The van der Waals surface area contributed by atoms with Crippen LogP contribution in [-0.4, -0.2) is 48.3 Å². The summed E-state index contributed by atoms with van der Waals surface area (Å²) in [6.45, 7) is 15.8. The van der Waals surface area contributed by atoms with Gasteiger partial charge in [-0.15, -0.1) is 0 Å². The van der Waals surface area contributed by atoms with Crippen molar-refractivity contribution >= 4 is 31.6 Å². The lowest BCUT2D eigenvalue weighted by molar-refractivity contribution is -0.153. The number of hydrogen-bond acceptors (Lipinski definition) is 7. The molecule has 39 heavy (non-hydrogen) atoms. The zero-order chi connectivity index (χ0) is 28.9. The van der Waals surface area contributed by atoms with E-state index in [1.165, 1.54) is 0 Å². The van der Waals surface area contributed by atoms with Gasteiger partial charge in [-0.1, -0.05) is 78.8 Å². The van der Waals surface area contributed by atoms with E-state index in [9.17, 15) is 19.5 Å². The molecule has 2 N–H and O–H groups in total. The number of hydrogen-bond donors (Lipinski definition) is 2. The minimum atomic E-state index is -2.88. The Labute approximate surface area is 230 Å². The number of aryl methyl sites for hydroxylation is 1. The quantitative estimate of drug-likeness (QED) is 0.250. The van der Waals surface area contributed by atoms with Crippen molar-refractivity contribution in [2.24, 2.45) is 0 Å². The van der Waals surface area contributed by atoms with Gasteiger partial charge in [0.25, 0.3) is 11.5 Å². The smallest absolute Gasteiger partial charge is 0.278 e. The van der Waals surface area contributed by atoms with Crippen LogP contribution < -0.4 is 5.32 Å². The number of nitrogens with one attached hydrogen (secondary N) is 1. The molecule has 9 heteroatoms. The van der Waals surface area contributed by atoms with E-state index in [1.54, 1.807) is 49.4 Å². The summed E-state index contributed by atoms with van der Waals surface area (Å²) in [6, 6.07) is 11.6. The molecule has 0 bridgehead atoms. The number of furan rings is 1. The topological polar surface area (TPSA) is 115 Å². The van der Waals surface area contributed by atoms with Crippen molar-refractivity contribution in [3.63, 3.8) is 0 Å². The number of Topliss-reactive ketones (excluding diaryl/α,β-unsaturated/α-hetero) is 2. The van der Waals surface area contributed by atoms with Crippen LogP contribution in [0.4, 0.5) is 0 Å². The van der Waals surface area contributed by atoms with Gasteiger partial charge in [0.2, 0.25) is 25.6 Å². The van der Waals surface area contributed by atoms with E-state index in [2.05, 4.69) is 5.32 Å². The molecule has 1 aromatic heterocycles. The van der Waals surface area contributed by atoms with Gasteiger partial charge in [0.05, 0.1) is 0 Å². The van der Waals surface area contributed by atoms with Gasteiger partial charge in [0, 0.05) is 17.6 Å². The second-order valence-corrected chi connectivity index (χ2v) is 16.9. The lowest BCUT2D eigenvalue weighted by Crippen LogP contribution is -2.65. The van der Waals surface area contributed by atoms with Crippen molar-refractivity contribution in [1.29, 1.82) is 0 Å². The Morgan fingerprint density at radius 2 is 1.62 bits per heavy atom. The average molecular weight is 554 g/mol. The Balaban J connectivity index is 1.92. The van der Waals surface area contributed by atoms with Gasteiger partial charge >= 0.3 is 0 Å². The van der Waals surface area contributed by atoms with Crippen molar-refractivity contribution in [1.82, 2.24) is 5.32 Å². The highest BCUT2D eigenvalue weighted by Gasteiger charge is 2.75. The Morgan fingerprint density at radius 3 is 2.13 bits per heavy atom. The number of amides is 1. The van der Waals surface area contributed by atoms with Crippen molar-refractivity contribution < 1.29 is 33.1 Å². The minimum absolute atomic E-state index is 0.0311. The molecular formula is C30H39NO7Si. The first kappa shape index (κ1) is 29.0. The highest BCUT2D eigenvalue weighted by atomic mass is 28.4. The number of carbonyl (C=O) groups excluding carboxylic acids is 3. The Hall–Kier alpha value is -3.01. The maximum atomic E-state index is 14.1. The standard InChI is InChI=1S/C30H39NO7Si/c1-9-22-15-16-23(36-22)24-20(8)25(32)29(37-24)27(38-39(17(2)3,18(4)5)19(6)7)30(35,31-28(29)34)26(33)21-13-11-10-12-14-21/h10-19,27,35H,9H2,1-8H3,(H,31,34)/t27-,29-,30-/m1/s1. The third-order valence-corrected chi connectivity index (χ3v) is 14.4. The lowest BCUT2D eigenvalue weighted by Gasteiger charge is -2.47. The highest BCUT2D eigenvalue weighted by molar-refractivity contribution is 6.77. The largest absolute Gasteiger partial charge is 0.462 e. The number of rotatable bonds is 9. The summed E-state index contributed by atoms with van der Waals surface area (Å²) in [7, 11) is -2.88. The molecule has 1 saturated heterocycles. The molecule has 1 spiro atoms. The lowest BCUT2D eigenvalue weighted by atomic mass is 9.85. The highest BCUT2D eigenvalue weighted by Crippen LogP contribution is 2.51. The third-order valence-electron chi connectivity index (χ3n) is 8.32. The number of ether oxygens (including phenoxy) is 1. The Kier molecular flexibility index (Phi) is 7.57. The van der Waals surface area contributed by atoms with Gasteiger partial charge in [0.15, 0.2) is 17.6 Å². The van der Waals surface area contributed by atoms with E-state index >= 15 is 0 Å². The Bertz CT molecular complexity index is 1290. The summed E-state index contributed by atoms with van der Waals surface area (Å²) >= 11 is 0. The van der Waals surface area contributed by atoms with Crippen LogP contribution >= 0.6 is 0 Å². The molecule has 1 aromatic carbocycles. The number of carbonyl (C=O) groups is 3. The molecule has 0 unspecified atom stereocenters. The van der Waals surface area contributed by atoms with Gasteiger partial charge < -0.3 is 24.0 Å². The number of aliphatic hydroxyl groups is 1. The van der Waals surface area contributed by atoms with Gasteiger partial charge in [-0.2, -0.15) is 0 Å². The van der Waals surface area contributed by atoms with Crippen LogP contribution in [0.15, 0.2) is 52.5 Å². The van der Waals surface area contributed by atoms with Crippen molar-refractivity contribution in [3.05, 3.63) is 65.1 Å². The number of benzene rings is 1. The van der Waals surface area contributed by atoms with E-state index in [4.69, 9.17) is 13.6 Å². The molecule has 3 heterocycles. The van der Waals surface area contributed by atoms with E-state index in [0.717, 1.165) is 0 Å². The minimum Gasteiger partial charge on any atom is -0.462 e. The number of ketones is 2. The first-order chi connectivity index (χ1) is 18.3. The fourth-order valence-electron chi connectivity index (χ4n) is 6.42. The van der Waals surface area contributed by atoms with Crippen LogP contribution in [0.3, 0.4) is 0 Å². The average Bonchev–Trinajstić information content (AvgIpc) is 3.53. The fourth-order valence-corrected chi connectivity index (χ4v) is 12.0. The molecule has 0 aliphatic carbocycles. The first-order valence-electron chi connectivity index (χ1n) is 13.6.